The van der Waals surface area contributed by atoms with Gasteiger partial charge in [0, 0.05) is 48.9 Å². The number of piperidine rings is 1. The number of fused-ring (bicyclic) bond motifs is 1. The van der Waals surface area contributed by atoms with Gasteiger partial charge in [-0.3, -0.25) is 19.3 Å². The van der Waals surface area contributed by atoms with Crippen molar-refractivity contribution in [1.29, 1.82) is 0 Å². The number of carbonyl (C=O) groups is 3. The van der Waals surface area contributed by atoms with E-state index in [1.165, 1.54) is 18.4 Å². The monoisotopic (exact) mass is 659 g/mol. The molecular weight excluding hydrogens is 602 g/mol. The van der Waals surface area contributed by atoms with Crippen molar-refractivity contribution in [2.45, 2.75) is 110 Å². The second-order valence-corrected chi connectivity index (χ2v) is 15.5. The average molecular weight is 660 g/mol. The molecule has 9 nitrogen and oxygen atoms in total. The Labute approximate surface area is 287 Å². The number of amides is 3. The van der Waals surface area contributed by atoms with Crippen LogP contribution in [0.3, 0.4) is 0 Å². The zero-order valence-electron chi connectivity index (χ0n) is 30.0. The van der Waals surface area contributed by atoms with Crippen LogP contribution in [-0.2, 0) is 20.7 Å². The summed E-state index contributed by atoms with van der Waals surface area (Å²) in [6.45, 7) is 16.1. The highest BCUT2D eigenvalue weighted by atomic mass is 16.5. The lowest BCUT2D eigenvalue weighted by atomic mass is 9.88. The Morgan fingerprint density at radius 1 is 0.958 bits per heavy atom. The van der Waals surface area contributed by atoms with E-state index in [1.807, 2.05) is 62.9 Å². The predicted octanol–water partition coefficient (Wildman–Crippen LogP) is 5.32. The van der Waals surface area contributed by atoms with Crippen LogP contribution >= 0.6 is 0 Å². The number of nitrogens with one attached hydrogen (secondary N) is 3. The van der Waals surface area contributed by atoms with Crippen LogP contribution < -0.4 is 20.9 Å². The number of likely N-dealkylation sites (tertiary alicyclic amines) is 1. The summed E-state index contributed by atoms with van der Waals surface area (Å²) < 4.78 is 6.19. The fraction of sp³-hybridized carbons (Fsp3) is 0.615. The Hall–Kier alpha value is -3.27. The zero-order chi connectivity index (χ0) is 34.5. The first-order valence-corrected chi connectivity index (χ1v) is 18.0. The Morgan fingerprint density at radius 3 is 2.33 bits per heavy atom. The fourth-order valence-electron chi connectivity index (χ4n) is 7.50. The highest BCUT2D eigenvalue weighted by Gasteiger charge is 2.30. The lowest BCUT2D eigenvalue weighted by Crippen LogP contribution is -2.48. The number of anilines is 1. The third-order valence-corrected chi connectivity index (χ3v) is 10.5. The van der Waals surface area contributed by atoms with E-state index < -0.39 is 11.1 Å². The van der Waals surface area contributed by atoms with E-state index in [2.05, 4.69) is 39.9 Å². The maximum Gasteiger partial charge on any atom is 0.251 e. The van der Waals surface area contributed by atoms with Gasteiger partial charge in [-0.2, -0.15) is 0 Å². The molecular formula is C39H57N5O4. The summed E-state index contributed by atoms with van der Waals surface area (Å²) in [6, 6.07) is 14.8. The van der Waals surface area contributed by atoms with Crippen molar-refractivity contribution >= 4 is 23.4 Å². The molecule has 3 aliphatic heterocycles. The smallest absolute Gasteiger partial charge is 0.251 e. The summed E-state index contributed by atoms with van der Waals surface area (Å²) >= 11 is 0. The summed E-state index contributed by atoms with van der Waals surface area (Å²) in [4.78, 5) is 42.3. The van der Waals surface area contributed by atoms with Gasteiger partial charge in [0.25, 0.3) is 5.91 Å². The van der Waals surface area contributed by atoms with Crippen LogP contribution in [0.2, 0.25) is 0 Å². The number of hydrogen-bond donors (Lipinski definition) is 3. The molecule has 2 fully saturated rings. The van der Waals surface area contributed by atoms with Crippen LogP contribution in [0.25, 0.3) is 11.1 Å². The van der Waals surface area contributed by atoms with Crippen molar-refractivity contribution < 1.29 is 19.1 Å². The summed E-state index contributed by atoms with van der Waals surface area (Å²) in [5, 5.41) is 9.87. The first-order valence-electron chi connectivity index (χ1n) is 18.0. The summed E-state index contributed by atoms with van der Waals surface area (Å²) in [6.07, 6.45) is 7.42. The number of ether oxygens (including phenoxy) is 1. The van der Waals surface area contributed by atoms with Gasteiger partial charge in [0.2, 0.25) is 11.8 Å². The van der Waals surface area contributed by atoms with Gasteiger partial charge in [0.15, 0.2) is 0 Å². The first kappa shape index (κ1) is 36.0. The molecule has 2 saturated heterocycles. The predicted molar refractivity (Wildman–Crippen MR) is 192 cm³/mol. The third kappa shape index (κ3) is 9.45. The van der Waals surface area contributed by atoms with Gasteiger partial charge in [-0.15, -0.1) is 0 Å². The number of benzene rings is 2. The maximum absolute atomic E-state index is 13.2. The molecule has 0 aromatic heterocycles. The minimum Gasteiger partial charge on any atom is -0.374 e. The Morgan fingerprint density at radius 2 is 1.67 bits per heavy atom. The molecule has 3 amide bonds. The van der Waals surface area contributed by atoms with Crippen LogP contribution in [0.5, 0.6) is 0 Å². The van der Waals surface area contributed by atoms with Gasteiger partial charge in [0.05, 0.1) is 12.1 Å². The van der Waals surface area contributed by atoms with Crippen LogP contribution in [-0.4, -0.2) is 85.2 Å². The summed E-state index contributed by atoms with van der Waals surface area (Å²) in [7, 11) is 0. The van der Waals surface area contributed by atoms with E-state index in [4.69, 9.17) is 4.74 Å². The van der Waals surface area contributed by atoms with Crippen LogP contribution in [0.15, 0.2) is 42.5 Å². The van der Waals surface area contributed by atoms with Crippen LogP contribution in [0, 0.1) is 5.92 Å². The molecule has 2 atom stereocenters. The fourth-order valence-corrected chi connectivity index (χ4v) is 7.50. The van der Waals surface area contributed by atoms with E-state index in [0.717, 1.165) is 68.0 Å². The lowest BCUT2D eigenvalue weighted by Gasteiger charge is -2.35. The highest BCUT2D eigenvalue weighted by molar-refractivity contribution is 5.95. The largest absolute Gasteiger partial charge is 0.374 e. The molecule has 1 unspecified atom stereocenters. The summed E-state index contributed by atoms with van der Waals surface area (Å²) in [5.74, 6) is 0.731. The molecule has 262 valence electrons. The van der Waals surface area contributed by atoms with Gasteiger partial charge < -0.3 is 25.6 Å². The van der Waals surface area contributed by atoms with E-state index >= 15 is 0 Å². The van der Waals surface area contributed by atoms with E-state index in [0.29, 0.717) is 37.7 Å². The molecule has 5 rings (SSSR count). The number of aryl methyl sites for hydroxylation is 1. The van der Waals surface area contributed by atoms with Crippen molar-refractivity contribution in [2.75, 3.05) is 44.2 Å². The molecule has 3 N–H and O–H groups in total. The second-order valence-electron chi connectivity index (χ2n) is 15.5. The number of nitrogens with zero attached hydrogens (tertiary/aromatic N) is 2. The van der Waals surface area contributed by atoms with E-state index in [9.17, 15) is 14.4 Å². The van der Waals surface area contributed by atoms with Gasteiger partial charge in [-0.25, -0.2) is 0 Å². The van der Waals surface area contributed by atoms with Crippen LogP contribution in [0.1, 0.15) is 96.0 Å². The Kier molecular flexibility index (Phi) is 11.6. The third-order valence-electron chi connectivity index (χ3n) is 10.5. The average Bonchev–Trinajstić information content (AvgIpc) is 3.59. The first-order chi connectivity index (χ1) is 22.8. The minimum absolute atomic E-state index is 0.0450. The number of rotatable bonds is 12. The molecule has 9 heteroatoms. The highest BCUT2D eigenvalue weighted by Crippen LogP contribution is 2.34. The maximum atomic E-state index is 13.2. The summed E-state index contributed by atoms with van der Waals surface area (Å²) in [5.41, 5.74) is 3.89. The number of carbonyl (C=O) groups excluding carboxylic acids is 3. The molecule has 0 aliphatic carbocycles. The minimum atomic E-state index is -0.522. The van der Waals surface area contributed by atoms with Gasteiger partial charge in [0.1, 0.15) is 0 Å². The van der Waals surface area contributed by atoms with Crippen molar-refractivity contribution in [1.82, 2.24) is 20.9 Å². The molecule has 48 heavy (non-hydrogen) atoms. The van der Waals surface area contributed by atoms with Gasteiger partial charge >= 0.3 is 0 Å². The standard InChI is InChI=1S/C39H57N5O4/c1-27-9-10-33-24-32(15-16-35(33)44(27)28(2)45)29-11-13-31(14-12-29)37(47)42-38(3,4)19-23-48-39(5,6)26-41-36(46)25-43-21-17-30(18-22-43)34-8-7-20-40-34/h11-16,24,27,30,34,40H,7-10,17-23,25-26H2,1-6H3,(H,41,46)(H,42,47)/t27-,34?/m0/s1. The molecule has 0 saturated carbocycles. The SMILES string of the molecule is CC(=O)N1c2ccc(-c3ccc(C(=O)NC(C)(C)CCOC(C)(C)CNC(=O)CN4CCC(C5CCCN5)CC4)cc3)cc2CC[C@@H]1C. The van der Waals surface area contributed by atoms with Crippen molar-refractivity contribution in [3.05, 3.63) is 53.6 Å². The molecule has 0 spiro atoms. The molecule has 3 heterocycles. The topological polar surface area (TPSA) is 103 Å². The van der Waals surface area contributed by atoms with Crippen molar-refractivity contribution in [3.63, 3.8) is 0 Å². The molecule has 0 bridgehead atoms. The van der Waals surface area contributed by atoms with E-state index in [-0.39, 0.29) is 23.8 Å². The van der Waals surface area contributed by atoms with Crippen molar-refractivity contribution in [3.8, 4) is 11.1 Å². The molecule has 3 aliphatic rings. The van der Waals surface area contributed by atoms with Gasteiger partial charge in [-0.1, -0.05) is 18.2 Å². The Balaban J connectivity index is 1.03. The zero-order valence-corrected chi connectivity index (χ0v) is 30.0. The van der Waals surface area contributed by atoms with Crippen molar-refractivity contribution in [2.24, 2.45) is 5.92 Å². The molecule has 0 radical (unpaired) electrons. The molecule has 2 aromatic carbocycles. The quantitative estimate of drug-likeness (QED) is 0.285. The second kappa shape index (κ2) is 15.5. The molecule has 2 aromatic rings. The van der Waals surface area contributed by atoms with Crippen LogP contribution in [0.4, 0.5) is 5.69 Å². The lowest BCUT2D eigenvalue weighted by molar-refractivity contribution is -0.124. The van der Waals surface area contributed by atoms with Gasteiger partial charge in [-0.05, 0) is 146 Å². The van der Waals surface area contributed by atoms with E-state index in [1.54, 1.807) is 6.92 Å². The Bertz CT molecular complexity index is 1420. The normalized spacial score (nSPS) is 20.8. The number of hydrogen-bond acceptors (Lipinski definition) is 6.